The Kier molecular flexibility index (Phi) is 5.31. The van der Waals surface area contributed by atoms with Gasteiger partial charge in [-0.15, -0.1) is 0 Å². The predicted octanol–water partition coefficient (Wildman–Crippen LogP) is 3.55. The van der Waals surface area contributed by atoms with Crippen LogP contribution in [0.5, 0.6) is 0 Å². The van der Waals surface area contributed by atoms with Crippen LogP contribution in [0.1, 0.15) is 25.1 Å². The van der Waals surface area contributed by atoms with Crippen molar-refractivity contribution >= 4 is 11.5 Å². The monoisotopic (exact) mass is 298 g/mol. The Hall–Kier alpha value is -2.61. The Labute approximate surface area is 130 Å². The molecule has 4 nitrogen and oxygen atoms in total. The Bertz CT molecular complexity index is 675. The van der Waals surface area contributed by atoms with Gasteiger partial charge in [0, 0.05) is 19.6 Å². The van der Waals surface area contributed by atoms with E-state index in [1.54, 1.807) is 24.3 Å². The van der Waals surface area contributed by atoms with Gasteiger partial charge < -0.3 is 10.2 Å². The van der Waals surface area contributed by atoms with E-state index in [0.717, 1.165) is 18.7 Å². The van der Waals surface area contributed by atoms with Gasteiger partial charge in [-0.2, -0.15) is 5.26 Å². The van der Waals surface area contributed by atoms with Crippen molar-refractivity contribution in [2.75, 3.05) is 23.3 Å². The highest BCUT2D eigenvalue weighted by atomic mass is 19.1. The van der Waals surface area contributed by atoms with Crippen LogP contribution in [0.3, 0.4) is 0 Å². The van der Waals surface area contributed by atoms with Crippen LogP contribution in [0.2, 0.25) is 0 Å². The first-order valence-electron chi connectivity index (χ1n) is 7.32. The molecule has 1 aromatic carbocycles. The van der Waals surface area contributed by atoms with Crippen molar-refractivity contribution in [1.82, 2.24) is 4.98 Å². The van der Waals surface area contributed by atoms with Gasteiger partial charge in [-0.1, -0.05) is 12.1 Å². The Balaban J connectivity index is 2.08. The number of halogens is 1. The molecule has 0 atom stereocenters. The summed E-state index contributed by atoms with van der Waals surface area (Å²) in [5.74, 6) is 0.383. The number of benzene rings is 1. The lowest BCUT2D eigenvalue weighted by molar-refractivity contribution is 0.618. The molecule has 0 aliphatic heterocycles. The lowest BCUT2D eigenvalue weighted by Crippen LogP contribution is -2.23. The Morgan fingerprint density at radius 2 is 2.00 bits per heavy atom. The number of anilines is 2. The van der Waals surface area contributed by atoms with Crippen molar-refractivity contribution in [3.63, 3.8) is 0 Å². The van der Waals surface area contributed by atoms with E-state index in [9.17, 15) is 4.39 Å². The first-order chi connectivity index (χ1) is 10.7. The minimum atomic E-state index is -0.221. The first-order valence-corrected chi connectivity index (χ1v) is 7.32. The SMILES string of the molecule is CCN(CC)c1ccc(CNc2cccc(C#N)n2)cc1F. The molecule has 2 rings (SSSR count). The van der Waals surface area contributed by atoms with E-state index in [-0.39, 0.29) is 5.82 Å². The molecule has 0 amide bonds. The number of aromatic nitrogens is 1. The van der Waals surface area contributed by atoms with E-state index in [1.165, 1.54) is 6.07 Å². The maximum atomic E-state index is 14.2. The fraction of sp³-hybridized carbons (Fsp3) is 0.294. The van der Waals surface area contributed by atoms with E-state index in [2.05, 4.69) is 10.3 Å². The van der Waals surface area contributed by atoms with Gasteiger partial charge in [0.25, 0.3) is 0 Å². The van der Waals surface area contributed by atoms with Crippen LogP contribution >= 0.6 is 0 Å². The highest BCUT2D eigenvalue weighted by Crippen LogP contribution is 2.20. The van der Waals surface area contributed by atoms with Crippen LogP contribution in [0.25, 0.3) is 0 Å². The molecule has 1 aromatic heterocycles. The summed E-state index contributed by atoms with van der Waals surface area (Å²) < 4.78 is 14.2. The molecule has 0 aliphatic carbocycles. The molecule has 1 N–H and O–H groups in total. The highest BCUT2D eigenvalue weighted by molar-refractivity contribution is 5.49. The van der Waals surface area contributed by atoms with Crippen molar-refractivity contribution in [1.29, 1.82) is 5.26 Å². The number of rotatable bonds is 6. The smallest absolute Gasteiger partial charge is 0.146 e. The summed E-state index contributed by atoms with van der Waals surface area (Å²) in [4.78, 5) is 6.10. The molecule has 0 fully saturated rings. The zero-order valence-corrected chi connectivity index (χ0v) is 12.8. The lowest BCUT2D eigenvalue weighted by Gasteiger charge is -2.22. The molecular weight excluding hydrogens is 279 g/mol. The summed E-state index contributed by atoms with van der Waals surface area (Å²) in [7, 11) is 0. The van der Waals surface area contributed by atoms with Crippen molar-refractivity contribution in [2.24, 2.45) is 0 Å². The van der Waals surface area contributed by atoms with Crippen LogP contribution in [0.15, 0.2) is 36.4 Å². The summed E-state index contributed by atoms with van der Waals surface area (Å²) in [6, 6.07) is 12.4. The highest BCUT2D eigenvalue weighted by Gasteiger charge is 2.09. The maximum Gasteiger partial charge on any atom is 0.146 e. The van der Waals surface area contributed by atoms with Crippen LogP contribution in [-0.2, 0) is 6.54 Å². The molecule has 0 radical (unpaired) electrons. The number of nitrogens with zero attached hydrogens (tertiary/aromatic N) is 3. The van der Waals surface area contributed by atoms with Gasteiger partial charge in [0.05, 0.1) is 5.69 Å². The van der Waals surface area contributed by atoms with Crippen LogP contribution in [-0.4, -0.2) is 18.1 Å². The summed E-state index contributed by atoms with van der Waals surface area (Å²) >= 11 is 0. The average Bonchev–Trinajstić information content (AvgIpc) is 2.56. The fourth-order valence-corrected chi connectivity index (χ4v) is 2.27. The van der Waals surface area contributed by atoms with Crippen LogP contribution in [0, 0.1) is 17.1 Å². The second-order valence-electron chi connectivity index (χ2n) is 4.83. The largest absolute Gasteiger partial charge is 0.370 e. The topological polar surface area (TPSA) is 52.0 Å². The van der Waals surface area contributed by atoms with E-state index in [0.29, 0.717) is 23.7 Å². The zero-order valence-electron chi connectivity index (χ0n) is 12.8. The quantitative estimate of drug-likeness (QED) is 0.886. The third kappa shape index (κ3) is 3.73. The van der Waals surface area contributed by atoms with Crippen molar-refractivity contribution in [3.8, 4) is 6.07 Å². The number of nitriles is 1. The molecule has 22 heavy (non-hydrogen) atoms. The fourth-order valence-electron chi connectivity index (χ4n) is 2.27. The summed E-state index contributed by atoms with van der Waals surface area (Å²) in [5.41, 5.74) is 1.81. The average molecular weight is 298 g/mol. The number of hydrogen-bond donors (Lipinski definition) is 1. The molecular formula is C17H19FN4. The van der Waals surface area contributed by atoms with Gasteiger partial charge in [0.1, 0.15) is 23.4 Å². The van der Waals surface area contributed by atoms with Gasteiger partial charge in [-0.3, -0.25) is 0 Å². The summed E-state index contributed by atoms with van der Waals surface area (Å²) in [5, 5.41) is 11.9. The molecule has 0 saturated carbocycles. The second kappa shape index (κ2) is 7.41. The lowest BCUT2D eigenvalue weighted by atomic mass is 10.1. The summed E-state index contributed by atoms with van der Waals surface area (Å²) in [6.45, 7) is 6.02. The molecule has 0 aliphatic rings. The minimum Gasteiger partial charge on any atom is -0.370 e. The van der Waals surface area contributed by atoms with Gasteiger partial charge in [-0.05, 0) is 43.7 Å². The van der Waals surface area contributed by atoms with Crippen LogP contribution < -0.4 is 10.2 Å². The molecule has 0 saturated heterocycles. The van der Waals surface area contributed by atoms with Gasteiger partial charge in [0.2, 0.25) is 0 Å². The molecule has 1 heterocycles. The Morgan fingerprint density at radius 3 is 2.64 bits per heavy atom. The molecule has 0 bridgehead atoms. The van der Waals surface area contributed by atoms with Crippen molar-refractivity contribution in [2.45, 2.75) is 20.4 Å². The zero-order chi connectivity index (χ0) is 15.9. The number of nitrogens with one attached hydrogen (secondary N) is 1. The molecule has 5 heteroatoms. The third-order valence-corrected chi connectivity index (χ3v) is 3.45. The number of pyridine rings is 1. The van der Waals surface area contributed by atoms with E-state index in [1.807, 2.05) is 30.9 Å². The van der Waals surface area contributed by atoms with Crippen LogP contribution in [0.4, 0.5) is 15.9 Å². The van der Waals surface area contributed by atoms with Gasteiger partial charge in [0.15, 0.2) is 0 Å². The van der Waals surface area contributed by atoms with Crippen molar-refractivity contribution in [3.05, 3.63) is 53.5 Å². The predicted molar refractivity (Wildman–Crippen MR) is 86.2 cm³/mol. The first kappa shape index (κ1) is 15.8. The van der Waals surface area contributed by atoms with E-state index in [4.69, 9.17) is 5.26 Å². The molecule has 114 valence electrons. The number of hydrogen-bond acceptors (Lipinski definition) is 4. The Morgan fingerprint density at radius 1 is 1.23 bits per heavy atom. The second-order valence-corrected chi connectivity index (χ2v) is 4.83. The summed E-state index contributed by atoms with van der Waals surface area (Å²) in [6.07, 6.45) is 0. The molecule has 0 unspecified atom stereocenters. The third-order valence-electron chi connectivity index (χ3n) is 3.45. The normalized spacial score (nSPS) is 10.1. The minimum absolute atomic E-state index is 0.221. The van der Waals surface area contributed by atoms with E-state index < -0.39 is 0 Å². The van der Waals surface area contributed by atoms with Crippen molar-refractivity contribution < 1.29 is 4.39 Å². The van der Waals surface area contributed by atoms with Gasteiger partial charge in [-0.25, -0.2) is 9.37 Å². The molecule has 2 aromatic rings. The standard InChI is InChI=1S/C17H19FN4/c1-3-22(4-2)16-9-8-13(10-15(16)18)12-20-17-7-5-6-14(11-19)21-17/h5-10H,3-4,12H2,1-2H3,(H,20,21). The molecule has 0 spiro atoms. The van der Waals surface area contributed by atoms with E-state index >= 15 is 0 Å². The maximum absolute atomic E-state index is 14.2. The van der Waals surface area contributed by atoms with Gasteiger partial charge >= 0.3 is 0 Å².